The number of aliphatic imine (C=N–C) groups is 1. The molecule has 4 rings (SSSR count). The van der Waals surface area contributed by atoms with Crippen molar-refractivity contribution < 1.29 is 5.11 Å². The molecule has 1 aliphatic rings. The summed E-state index contributed by atoms with van der Waals surface area (Å²) < 4.78 is 0. The zero-order chi connectivity index (χ0) is 17.2. The molecule has 0 saturated carbocycles. The minimum absolute atomic E-state index is 0.0194. The van der Waals surface area contributed by atoms with Crippen LogP contribution in [0.5, 0.6) is 5.88 Å². The summed E-state index contributed by atoms with van der Waals surface area (Å²) in [7, 11) is 0. The smallest absolute Gasteiger partial charge is 0.231 e. The third-order valence-corrected chi connectivity index (χ3v) is 4.91. The van der Waals surface area contributed by atoms with Crippen LogP contribution in [0.1, 0.15) is 29.0 Å². The molecule has 1 aromatic carbocycles. The Kier molecular flexibility index (Phi) is 4.03. The van der Waals surface area contributed by atoms with Crippen LogP contribution in [0, 0.1) is 0 Å². The summed E-state index contributed by atoms with van der Waals surface area (Å²) in [5.74, 6) is 0.722. The van der Waals surface area contributed by atoms with E-state index >= 15 is 0 Å². The van der Waals surface area contributed by atoms with Crippen LogP contribution < -0.4 is 5.32 Å². The van der Waals surface area contributed by atoms with Gasteiger partial charge in [0.2, 0.25) is 5.88 Å². The molecule has 2 aromatic heterocycles. The van der Waals surface area contributed by atoms with Crippen molar-refractivity contribution >= 4 is 40.1 Å². The Hall–Kier alpha value is -2.99. The average molecular weight is 348 g/mol. The molecule has 5 nitrogen and oxygen atoms in total. The van der Waals surface area contributed by atoms with Crippen molar-refractivity contribution in [1.82, 2.24) is 9.97 Å². The molecule has 3 aromatic rings. The number of thiazole rings is 1. The van der Waals surface area contributed by atoms with E-state index in [2.05, 4.69) is 39.3 Å². The van der Waals surface area contributed by atoms with E-state index in [1.54, 1.807) is 12.4 Å². The lowest BCUT2D eigenvalue weighted by Crippen LogP contribution is -2.05. The number of nitrogens with one attached hydrogen (secondary N) is 1. The lowest BCUT2D eigenvalue weighted by atomic mass is 10.1. The van der Waals surface area contributed by atoms with Crippen LogP contribution in [0.4, 0.5) is 10.9 Å². The van der Waals surface area contributed by atoms with E-state index in [0.717, 1.165) is 11.1 Å². The van der Waals surface area contributed by atoms with Crippen LogP contribution in [-0.4, -0.2) is 21.3 Å². The van der Waals surface area contributed by atoms with E-state index < -0.39 is 0 Å². The summed E-state index contributed by atoms with van der Waals surface area (Å²) in [5.41, 5.74) is 3.05. The molecule has 0 amide bonds. The van der Waals surface area contributed by atoms with Crippen LogP contribution in [0.15, 0.2) is 53.7 Å². The summed E-state index contributed by atoms with van der Waals surface area (Å²) in [4.78, 5) is 13.4. The Labute approximate surface area is 149 Å². The molecule has 0 unspecified atom stereocenters. The van der Waals surface area contributed by atoms with Crippen molar-refractivity contribution in [3.8, 4) is 5.88 Å². The Balaban J connectivity index is 1.58. The molecule has 25 heavy (non-hydrogen) atoms. The largest absolute Gasteiger partial charge is 0.492 e. The third kappa shape index (κ3) is 3.16. The van der Waals surface area contributed by atoms with Crippen molar-refractivity contribution in [3.05, 3.63) is 64.7 Å². The van der Waals surface area contributed by atoms with E-state index in [9.17, 15) is 5.11 Å². The second-order valence-electron chi connectivity index (χ2n) is 5.72. The maximum atomic E-state index is 10.2. The second kappa shape index (κ2) is 6.49. The molecule has 0 saturated heterocycles. The molecule has 0 fully saturated rings. The van der Waals surface area contributed by atoms with Crippen molar-refractivity contribution in [1.29, 1.82) is 0 Å². The monoisotopic (exact) mass is 348 g/mol. The first-order chi connectivity index (χ1) is 12.2. The quantitative estimate of drug-likeness (QED) is 0.718. The number of hydrogen-bond acceptors (Lipinski definition) is 6. The van der Waals surface area contributed by atoms with Gasteiger partial charge in [-0.05, 0) is 30.7 Å². The average Bonchev–Trinajstić information content (AvgIpc) is 3.20. The number of allylic oxidation sites excluding steroid dienone is 1. The van der Waals surface area contributed by atoms with Gasteiger partial charge in [0.15, 0.2) is 10.9 Å². The second-order valence-corrected chi connectivity index (χ2v) is 6.75. The van der Waals surface area contributed by atoms with Crippen LogP contribution >= 0.6 is 11.3 Å². The van der Waals surface area contributed by atoms with E-state index in [1.807, 2.05) is 36.4 Å². The van der Waals surface area contributed by atoms with Crippen LogP contribution in [0.25, 0.3) is 11.6 Å². The molecule has 1 aliphatic heterocycles. The first kappa shape index (κ1) is 15.5. The number of benzene rings is 1. The van der Waals surface area contributed by atoms with E-state index in [0.29, 0.717) is 15.8 Å². The lowest BCUT2D eigenvalue weighted by molar-refractivity contribution is 0.456. The number of fused-ring (bicyclic) bond motifs is 1. The highest BCUT2D eigenvalue weighted by molar-refractivity contribution is 7.16. The third-order valence-electron chi connectivity index (χ3n) is 3.98. The van der Waals surface area contributed by atoms with Gasteiger partial charge in [-0.15, -0.1) is 0 Å². The first-order valence-electron chi connectivity index (χ1n) is 7.93. The molecule has 3 heterocycles. The predicted molar refractivity (Wildman–Crippen MR) is 103 cm³/mol. The van der Waals surface area contributed by atoms with Gasteiger partial charge < -0.3 is 10.4 Å². The van der Waals surface area contributed by atoms with Gasteiger partial charge in [-0.3, -0.25) is 0 Å². The first-order valence-corrected chi connectivity index (χ1v) is 8.75. The van der Waals surface area contributed by atoms with Gasteiger partial charge in [0.25, 0.3) is 0 Å². The number of hydrogen-bond donors (Lipinski definition) is 2. The fraction of sp³-hybridized carbons (Fsp3) is 0.105. The minimum Gasteiger partial charge on any atom is -0.492 e. The fourth-order valence-electron chi connectivity index (χ4n) is 2.67. The molecule has 0 aliphatic carbocycles. The molecule has 6 heteroatoms. The van der Waals surface area contributed by atoms with E-state index in [4.69, 9.17) is 0 Å². The summed E-state index contributed by atoms with van der Waals surface area (Å²) in [6, 6.07) is 14.1. The van der Waals surface area contributed by atoms with Crippen molar-refractivity contribution in [3.63, 3.8) is 0 Å². The Morgan fingerprint density at radius 3 is 2.84 bits per heavy atom. The number of nitrogens with zero attached hydrogens (tertiary/aromatic N) is 3. The Morgan fingerprint density at radius 2 is 2.00 bits per heavy atom. The minimum atomic E-state index is 0.0194. The number of aromatic nitrogens is 2. The molecular weight excluding hydrogens is 332 g/mol. The van der Waals surface area contributed by atoms with Crippen molar-refractivity contribution in [2.24, 2.45) is 4.99 Å². The number of anilines is 1. The van der Waals surface area contributed by atoms with Crippen LogP contribution in [-0.2, 0) is 0 Å². The van der Waals surface area contributed by atoms with E-state index in [-0.39, 0.29) is 11.9 Å². The standard InChI is InChI=1S/C19H16N4OS/c1-12(13-6-3-2-4-7-13)22-19-23-18(24)16(25-19)10-14-11-21-17-15(14)8-5-9-20-17/h2-12,24H,1H3,(H,22,23)/b14-10-/t12-/m0/s1. The normalized spacial score (nSPS) is 15.3. The maximum Gasteiger partial charge on any atom is 0.231 e. The molecule has 124 valence electrons. The topological polar surface area (TPSA) is 70.4 Å². The van der Waals surface area contributed by atoms with Gasteiger partial charge in [-0.2, -0.15) is 4.98 Å². The zero-order valence-electron chi connectivity index (χ0n) is 13.5. The van der Waals surface area contributed by atoms with Crippen LogP contribution in [0.2, 0.25) is 0 Å². The van der Waals surface area contributed by atoms with Gasteiger partial charge in [-0.25, -0.2) is 9.98 Å². The summed E-state index contributed by atoms with van der Waals surface area (Å²) in [5, 5.41) is 14.2. The van der Waals surface area contributed by atoms with Crippen LogP contribution in [0.3, 0.4) is 0 Å². The zero-order valence-corrected chi connectivity index (χ0v) is 14.4. The van der Waals surface area contributed by atoms with E-state index in [1.165, 1.54) is 16.9 Å². The van der Waals surface area contributed by atoms with Gasteiger partial charge in [0.1, 0.15) is 0 Å². The van der Waals surface area contributed by atoms with Gasteiger partial charge in [-0.1, -0.05) is 41.7 Å². The SMILES string of the molecule is C[C@H](Nc1nc(O)c(/C=C2/C=Nc3ncccc32)s1)c1ccccc1. The summed E-state index contributed by atoms with van der Waals surface area (Å²) in [6.07, 6.45) is 5.37. The highest BCUT2D eigenvalue weighted by Gasteiger charge is 2.16. The number of rotatable bonds is 4. The number of pyridine rings is 1. The lowest BCUT2D eigenvalue weighted by Gasteiger charge is -2.12. The molecule has 0 radical (unpaired) electrons. The molecule has 0 spiro atoms. The predicted octanol–water partition coefficient (Wildman–Crippen LogP) is 4.67. The fourth-order valence-corrected chi connectivity index (χ4v) is 3.57. The van der Waals surface area contributed by atoms with Gasteiger partial charge in [0.05, 0.1) is 10.9 Å². The number of aromatic hydroxyl groups is 1. The molecule has 0 bridgehead atoms. The molecule has 1 atom stereocenters. The Morgan fingerprint density at radius 1 is 1.16 bits per heavy atom. The highest BCUT2D eigenvalue weighted by atomic mass is 32.1. The highest BCUT2D eigenvalue weighted by Crippen LogP contribution is 2.36. The molecule has 2 N–H and O–H groups in total. The molecular formula is C19H16N4OS. The maximum absolute atomic E-state index is 10.2. The Bertz CT molecular complexity index is 963. The van der Waals surface area contributed by atoms with Gasteiger partial charge >= 0.3 is 0 Å². The van der Waals surface area contributed by atoms with Crippen molar-refractivity contribution in [2.75, 3.05) is 5.32 Å². The summed E-state index contributed by atoms with van der Waals surface area (Å²) in [6.45, 7) is 2.07. The summed E-state index contributed by atoms with van der Waals surface area (Å²) >= 11 is 1.41. The van der Waals surface area contributed by atoms with Crippen molar-refractivity contribution in [2.45, 2.75) is 13.0 Å². The van der Waals surface area contributed by atoms with Gasteiger partial charge in [0, 0.05) is 23.5 Å².